The summed E-state index contributed by atoms with van der Waals surface area (Å²) in [6.07, 6.45) is 6.60. The minimum Gasteiger partial charge on any atom is -0.342 e. The molecule has 1 spiro atoms. The van der Waals surface area contributed by atoms with E-state index in [0.29, 0.717) is 24.4 Å². The molecule has 2 amide bonds. The molecule has 1 aromatic rings. The van der Waals surface area contributed by atoms with Crippen molar-refractivity contribution in [2.24, 2.45) is 5.92 Å². The third-order valence-corrected chi connectivity index (χ3v) is 6.94. The first kappa shape index (κ1) is 19.4. The minimum absolute atomic E-state index is 0.0721. The standard InChI is InChI=1S/C22H32N4O2/c1-16-12-17(2)23-13-19(16)21(28)26-11-10-24(3)22(15-26)7-6-20(27)25(9-8-22)14-18-4-5-18/h12-13,18H,4-11,14-15H2,1-3H3/t22-/m1/s1. The predicted octanol–water partition coefficient (Wildman–Crippen LogP) is 2.25. The highest BCUT2D eigenvalue weighted by molar-refractivity contribution is 5.95. The Morgan fingerprint density at radius 2 is 2.00 bits per heavy atom. The predicted molar refractivity (Wildman–Crippen MR) is 108 cm³/mol. The van der Waals surface area contributed by atoms with Gasteiger partial charge in [0.15, 0.2) is 0 Å². The third kappa shape index (κ3) is 3.79. The number of hydrogen-bond donors (Lipinski definition) is 0. The monoisotopic (exact) mass is 384 g/mol. The van der Waals surface area contributed by atoms with Crippen molar-refractivity contribution in [1.29, 1.82) is 0 Å². The molecule has 2 saturated heterocycles. The topological polar surface area (TPSA) is 56.8 Å². The van der Waals surface area contributed by atoms with E-state index in [1.165, 1.54) is 12.8 Å². The Labute approximate surface area is 167 Å². The summed E-state index contributed by atoms with van der Waals surface area (Å²) in [5.74, 6) is 1.08. The van der Waals surface area contributed by atoms with Gasteiger partial charge >= 0.3 is 0 Å². The smallest absolute Gasteiger partial charge is 0.255 e. The van der Waals surface area contributed by atoms with E-state index in [4.69, 9.17) is 0 Å². The van der Waals surface area contributed by atoms with Crippen LogP contribution in [0.1, 0.15) is 53.7 Å². The second-order valence-electron chi connectivity index (χ2n) is 9.05. The van der Waals surface area contributed by atoms with Crippen LogP contribution in [-0.2, 0) is 4.79 Å². The molecule has 0 unspecified atom stereocenters. The molecule has 6 heteroatoms. The summed E-state index contributed by atoms with van der Waals surface area (Å²) in [6, 6.07) is 1.97. The molecule has 3 fully saturated rings. The number of carbonyl (C=O) groups is 2. The lowest BCUT2D eigenvalue weighted by Gasteiger charge is -2.49. The van der Waals surface area contributed by atoms with Crippen molar-refractivity contribution in [3.05, 3.63) is 29.1 Å². The Morgan fingerprint density at radius 1 is 1.21 bits per heavy atom. The average Bonchev–Trinajstić information content (AvgIpc) is 3.49. The largest absolute Gasteiger partial charge is 0.342 e. The highest BCUT2D eigenvalue weighted by atomic mass is 16.2. The fourth-order valence-corrected chi connectivity index (χ4v) is 4.76. The molecular weight excluding hydrogens is 352 g/mol. The number of nitrogens with zero attached hydrogens (tertiary/aromatic N) is 4. The van der Waals surface area contributed by atoms with Crippen LogP contribution in [0, 0.1) is 19.8 Å². The zero-order valence-electron chi connectivity index (χ0n) is 17.4. The molecule has 6 nitrogen and oxygen atoms in total. The highest BCUT2D eigenvalue weighted by Crippen LogP contribution is 2.35. The molecular formula is C22H32N4O2. The lowest BCUT2D eigenvalue weighted by molar-refractivity contribution is -0.130. The van der Waals surface area contributed by atoms with Crippen LogP contribution in [0.4, 0.5) is 0 Å². The molecule has 3 aliphatic rings. The van der Waals surface area contributed by atoms with Gasteiger partial charge in [-0.1, -0.05) is 0 Å². The molecule has 0 bridgehead atoms. The van der Waals surface area contributed by atoms with E-state index < -0.39 is 0 Å². The fraction of sp³-hybridized carbons (Fsp3) is 0.682. The van der Waals surface area contributed by atoms with Gasteiger partial charge in [-0.05, 0) is 64.1 Å². The van der Waals surface area contributed by atoms with Gasteiger partial charge in [0.05, 0.1) is 5.56 Å². The summed E-state index contributed by atoms with van der Waals surface area (Å²) in [4.78, 5) is 36.7. The van der Waals surface area contributed by atoms with Crippen LogP contribution in [-0.4, -0.2) is 76.8 Å². The molecule has 1 saturated carbocycles. The summed E-state index contributed by atoms with van der Waals surface area (Å²) in [7, 11) is 2.15. The number of piperazine rings is 1. The molecule has 0 radical (unpaired) electrons. The second kappa shape index (κ2) is 7.47. The van der Waals surface area contributed by atoms with E-state index in [1.807, 2.05) is 24.8 Å². The van der Waals surface area contributed by atoms with Gasteiger partial charge < -0.3 is 9.80 Å². The van der Waals surface area contributed by atoms with Crippen LogP contribution in [0.25, 0.3) is 0 Å². The maximum atomic E-state index is 13.2. The molecule has 3 heterocycles. The van der Waals surface area contributed by atoms with Gasteiger partial charge in [-0.2, -0.15) is 0 Å². The number of likely N-dealkylation sites (tertiary alicyclic amines) is 1. The van der Waals surface area contributed by atoms with Crippen molar-refractivity contribution in [2.75, 3.05) is 39.8 Å². The Morgan fingerprint density at radius 3 is 2.71 bits per heavy atom. The maximum Gasteiger partial charge on any atom is 0.255 e. The lowest BCUT2D eigenvalue weighted by atomic mass is 9.86. The summed E-state index contributed by atoms with van der Waals surface area (Å²) in [5, 5.41) is 0. The summed E-state index contributed by atoms with van der Waals surface area (Å²) in [5.41, 5.74) is 2.51. The lowest BCUT2D eigenvalue weighted by Crippen LogP contribution is -2.62. The SMILES string of the molecule is Cc1cc(C)c(C(=O)N2CCN(C)[C@@]3(CCC(=O)N(CC4CC4)CC3)C2)cn1. The number of aryl methyl sites for hydroxylation is 2. The Kier molecular flexibility index (Phi) is 5.17. The summed E-state index contributed by atoms with van der Waals surface area (Å²) in [6.45, 7) is 7.93. The van der Waals surface area contributed by atoms with E-state index in [-0.39, 0.29) is 11.4 Å². The fourth-order valence-electron chi connectivity index (χ4n) is 4.76. The van der Waals surface area contributed by atoms with Gasteiger partial charge in [-0.15, -0.1) is 0 Å². The van der Waals surface area contributed by atoms with E-state index in [0.717, 1.165) is 56.2 Å². The van der Waals surface area contributed by atoms with Crippen LogP contribution in [0.5, 0.6) is 0 Å². The molecule has 1 aromatic heterocycles. The second-order valence-corrected chi connectivity index (χ2v) is 9.05. The van der Waals surface area contributed by atoms with Gasteiger partial charge in [0.2, 0.25) is 5.91 Å². The number of hydrogen-bond acceptors (Lipinski definition) is 4. The Balaban J connectivity index is 1.50. The zero-order valence-corrected chi connectivity index (χ0v) is 17.4. The van der Waals surface area contributed by atoms with Crippen molar-refractivity contribution in [2.45, 2.75) is 51.5 Å². The molecule has 152 valence electrons. The molecule has 0 N–H and O–H groups in total. The van der Waals surface area contributed by atoms with Crippen molar-refractivity contribution in [3.8, 4) is 0 Å². The normalized spacial score (nSPS) is 26.6. The van der Waals surface area contributed by atoms with E-state index >= 15 is 0 Å². The van der Waals surface area contributed by atoms with Gasteiger partial charge in [-0.25, -0.2) is 0 Å². The Hall–Kier alpha value is -1.95. The number of amides is 2. The summed E-state index contributed by atoms with van der Waals surface area (Å²) >= 11 is 0. The van der Waals surface area contributed by atoms with E-state index in [1.54, 1.807) is 6.20 Å². The van der Waals surface area contributed by atoms with Crippen LogP contribution in [0.3, 0.4) is 0 Å². The minimum atomic E-state index is -0.103. The number of carbonyl (C=O) groups excluding carboxylic acids is 2. The van der Waals surface area contributed by atoms with E-state index in [9.17, 15) is 9.59 Å². The number of aromatic nitrogens is 1. The average molecular weight is 385 g/mol. The zero-order chi connectivity index (χ0) is 19.9. The molecule has 28 heavy (non-hydrogen) atoms. The van der Waals surface area contributed by atoms with Gasteiger partial charge in [0.1, 0.15) is 0 Å². The first-order chi connectivity index (χ1) is 13.4. The van der Waals surface area contributed by atoms with Gasteiger partial charge in [0.25, 0.3) is 5.91 Å². The molecule has 0 aromatic carbocycles. The molecule has 1 atom stereocenters. The number of pyridine rings is 1. The molecule has 2 aliphatic heterocycles. The van der Waals surface area contributed by atoms with Crippen molar-refractivity contribution in [1.82, 2.24) is 19.7 Å². The quantitative estimate of drug-likeness (QED) is 0.802. The molecule has 1 aliphatic carbocycles. The third-order valence-electron chi connectivity index (χ3n) is 6.94. The maximum absolute atomic E-state index is 13.2. The van der Waals surface area contributed by atoms with Crippen LogP contribution in [0.2, 0.25) is 0 Å². The van der Waals surface area contributed by atoms with Crippen molar-refractivity contribution >= 4 is 11.8 Å². The van der Waals surface area contributed by atoms with Crippen LogP contribution >= 0.6 is 0 Å². The van der Waals surface area contributed by atoms with Crippen molar-refractivity contribution in [3.63, 3.8) is 0 Å². The van der Waals surface area contributed by atoms with Gasteiger partial charge in [-0.3, -0.25) is 19.5 Å². The summed E-state index contributed by atoms with van der Waals surface area (Å²) < 4.78 is 0. The highest BCUT2D eigenvalue weighted by Gasteiger charge is 2.44. The van der Waals surface area contributed by atoms with Crippen LogP contribution in [0.15, 0.2) is 12.3 Å². The van der Waals surface area contributed by atoms with Crippen molar-refractivity contribution < 1.29 is 9.59 Å². The Bertz CT molecular complexity index is 776. The van der Waals surface area contributed by atoms with Gasteiger partial charge in [0, 0.05) is 56.6 Å². The van der Waals surface area contributed by atoms with Crippen LogP contribution < -0.4 is 0 Å². The first-order valence-electron chi connectivity index (χ1n) is 10.6. The number of rotatable bonds is 3. The number of likely N-dealkylation sites (N-methyl/N-ethyl adjacent to an activating group) is 1. The molecule has 4 rings (SSSR count). The van der Waals surface area contributed by atoms with E-state index in [2.05, 4.69) is 21.8 Å². The first-order valence-corrected chi connectivity index (χ1v) is 10.6.